The number of benzene rings is 2. The summed E-state index contributed by atoms with van der Waals surface area (Å²) < 4.78 is 0. The van der Waals surface area contributed by atoms with Crippen LogP contribution in [0.3, 0.4) is 0 Å². The number of para-hydroxylation sites is 1. The van der Waals surface area contributed by atoms with Crippen molar-refractivity contribution in [3.8, 4) is 0 Å². The molecule has 3 heteroatoms. The molecule has 0 bridgehead atoms. The second-order valence-electron chi connectivity index (χ2n) is 7.11. The van der Waals surface area contributed by atoms with E-state index in [-0.39, 0.29) is 5.91 Å². The molecule has 1 saturated carbocycles. The number of nitrogen functional groups attached to an aromatic ring is 1. The van der Waals surface area contributed by atoms with Crippen molar-refractivity contribution in [2.24, 2.45) is 5.92 Å². The molecule has 2 aromatic rings. The van der Waals surface area contributed by atoms with Gasteiger partial charge in [-0.3, -0.25) is 4.79 Å². The number of nitrogens with two attached hydrogens (primary N) is 1. The van der Waals surface area contributed by atoms with Crippen molar-refractivity contribution in [3.05, 3.63) is 65.7 Å². The van der Waals surface area contributed by atoms with Gasteiger partial charge in [-0.1, -0.05) is 61.4 Å². The SMILES string of the molecule is Nc1ccccc1CCC(=O)NC1CCCCC1Cc1ccccc1. The van der Waals surface area contributed by atoms with E-state index in [1.165, 1.54) is 24.8 Å². The minimum atomic E-state index is 0.146. The molecule has 3 nitrogen and oxygen atoms in total. The van der Waals surface area contributed by atoms with Crippen LogP contribution in [0, 0.1) is 5.92 Å². The summed E-state index contributed by atoms with van der Waals surface area (Å²) >= 11 is 0. The molecule has 0 spiro atoms. The number of aryl methyl sites for hydroxylation is 1. The summed E-state index contributed by atoms with van der Waals surface area (Å²) in [5.74, 6) is 0.690. The second kappa shape index (κ2) is 8.70. The predicted molar refractivity (Wildman–Crippen MR) is 103 cm³/mol. The normalized spacial score (nSPS) is 20.2. The van der Waals surface area contributed by atoms with Gasteiger partial charge in [-0.05, 0) is 48.8 Å². The number of carbonyl (C=O) groups excluding carboxylic acids is 1. The number of amides is 1. The summed E-state index contributed by atoms with van der Waals surface area (Å²) in [6.07, 6.45) is 7.03. The molecule has 25 heavy (non-hydrogen) atoms. The number of carbonyl (C=O) groups is 1. The first-order valence-corrected chi connectivity index (χ1v) is 9.39. The van der Waals surface area contributed by atoms with Crippen LogP contribution in [0.15, 0.2) is 54.6 Å². The van der Waals surface area contributed by atoms with Gasteiger partial charge in [0.2, 0.25) is 5.91 Å². The Morgan fingerprint density at radius 1 is 1.00 bits per heavy atom. The third-order valence-corrected chi connectivity index (χ3v) is 5.27. The largest absolute Gasteiger partial charge is 0.399 e. The highest BCUT2D eigenvalue weighted by atomic mass is 16.1. The highest BCUT2D eigenvalue weighted by Gasteiger charge is 2.26. The van der Waals surface area contributed by atoms with Gasteiger partial charge in [-0.2, -0.15) is 0 Å². The van der Waals surface area contributed by atoms with Crippen molar-refractivity contribution >= 4 is 11.6 Å². The number of hydrogen-bond acceptors (Lipinski definition) is 2. The van der Waals surface area contributed by atoms with Crippen molar-refractivity contribution in [1.29, 1.82) is 0 Å². The van der Waals surface area contributed by atoms with Crippen LogP contribution in [0.2, 0.25) is 0 Å². The van der Waals surface area contributed by atoms with E-state index >= 15 is 0 Å². The maximum atomic E-state index is 12.4. The average molecular weight is 336 g/mol. The van der Waals surface area contributed by atoms with Crippen LogP contribution in [0.1, 0.15) is 43.2 Å². The van der Waals surface area contributed by atoms with Crippen LogP contribution in [0.25, 0.3) is 0 Å². The monoisotopic (exact) mass is 336 g/mol. The van der Waals surface area contributed by atoms with E-state index < -0.39 is 0 Å². The van der Waals surface area contributed by atoms with Crippen molar-refractivity contribution in [3.63, 3.8) is 0 Å². The smallest absolute Gasteiger partial charge is 0.220 e. The van der Waals surface area contributed by atoms with E-state index in [4.69, 9.17) is 5.73 Å². The molecule has 2 aromatic carbocycles. The molecular weight excluding hydrogens is 308 g/mol. The Balaban J connectivity index is 1.54. The van der Waals surface area contributed by atoms with E-state index in [2.05, 4.69) is 35.6 Å². The molecule has 0 radical (unpaired) electrons. The van der Waals surface area contributed by atoms with Crippen LogP contribution >= 0.6 is 0 Å². The van der Waals surface area contributed by atoms with Crippen LogP contribution in [0.4, 0.5) is 5.69 Å². The molecule has 1 amide bonds. The van der Waals surface area contributed by atoms with Gasteiger partial charge < -0.3 is 11.1 Å². The fraction of sp³-hybridized carbons (Fsp3) is 0.409. The van der Waals surface area contributed by atoms with Crippen molar-refractivity contribution < 1.29 is 4.79 Å². The van der Waals surface area contributed by atoms with E-state index in [0.717, 1.165) is 24.1 Å². The third-order valence-electron chi connectivity index (χ3n) is 5.27. The van der Waals surface area contributed by atoms with E-state index in [1.54, 1.807) is 0 Å². The molecule has 0 aromatic heterocycles. The van der Waals surface area contributed by atoms with E-state index in [9.17, 15) is 4.79 Å². The van der Waals surface area contributed by atoms with Gasteiger partial charge in [0.05, 0.1) is 0 Å². The van der Waals surface area contributed by atoms with Gasteiger partial charge in [-0.15, -0.1) is 0 Å². The van der Waals surface area contributed by atoms with E-state index in [0.29, 0.717) is 24.8 Å². The van der Waals surface area contributed by atoms with Crippen LogP contribution in [-0.4, -0.2) is 11.9 Å². The molecule has 0 saturated heterocycles. The summed E-state index contributed by atoms with van der Waals surface area (Å²) in [7, 11) is 0. The van der Waals surface area contributed by atoms with Gasteiger partial charge in [0, 0.05) is 18.2 Å². The lowest BCUT2D eigenvalue weighted by molar-refractivity contribution is -0.122. The van der Waals surface area contributed by atoms with Gasteiger partial charge in [-0.25, -0.2) is 0 Å². The van der Waals surface area contributed by atoms with Gasteiger partial charge in [0.1, 0.15) is 0 Å². The molecule has 1 fully saturated rings. The molecule has 2 unspecified atom stereocenters. The predicted octanol–water partition coefficient (Wildman–Crippen LogP) is 4.12. The first-order chi connectivity index (χ1) is 12.2. The first-order valence-electron chi connectivity index (χ1n) is 9.39. The maximum Gasteiger partial charge on any atom is 0.220 e. The lowest BCUT2D eigenvalue weighted by atomic mass is 9.80. The maximum absolute atomic E-state index is 12.4. The Labute approximate surface area is 150 Å². The second-order valence-corrected chi connectivity index (χ2v) is 7.11. The molecule has 1 aliphatic carbocycles. The zero-order chi connectivity index (χ0) is 17.5. The minimum absolute atomic E-state index is 0.146. The Morgan fingerprint density at radius 3 is 2.52 bits per heavy atom. The van der Waals surface area contributed by atoms with Gasteiger partial charge in [0.25, 0.3) is 0 Å². The fourth-order valence-corrected chi connectivity index (χ4v) is 3.85. The van der Waals surface area contributed by atoms with Crippen LogP contribution in [0.5, 0.6) is 0 Å². The Bertz CT molecular complexity index is 683. The van der Waals surface area contributed by atoms with Crippen molar-refractivity contribution in [2.75, 3.05) is 5.73 Å². The number of rotatable bonds is 6. The first kappa shape index (κ1) is 17.5. The number of hydrogen-bond donors (Lipinski definition) is 2. The molecular formula is C22H28N2O. The van der Waals surface area contributed by atoms with Crippen molar-refractivity contribution in [1.82, 2.24) is 5.32 Å². The third kappa shape index (κ3) is 5.09. The van der Waals surface area contributed by atoms with Gasteiger partial charge >= 0.3 is 0 Å². The number of nitrogens with one attached hydrogen (secondary N) is 1. The lowest BCUT2D eigenvalue weighted by Crippen LogP contribution is -2.43. The summed E-state index contributed by atoms with van der Waals surface area (Å²) in [5.41, 5.74) is 9.16. The van der Waals surface area contributed by atoms with Crippen LogP contribution < -0.4 is 11.1 Å². The van der Waals surface area contributed by atoms with Crippen molar-refractivity contribution in [2.45, 2.75) is 51.0 Å². The Kier molecular flexibility index (Phi) is 6.10. The quantitative estimate of drug-likeness (QED) is 0.780. The molecule has 0 aliphatic heterocycles. The fourth-order valence-electron chi connectivity index (χ4n) is 3.85. The highest BCUT2D eigenvalue weighted by molar-refractivity contribution is 5.76. The minimum Gasteiger partial charge on any atom is -0.399 e. The topological polar surface area (TPSA) is 55.1 Å². The summed E-state index contributed by atoms with van der Waals surface area (Å²) in [4.78, 5) is 12.4. The zero-order valence-corrected chi connectivity index (χ0v) is 14.8. The number of anilines is 1. The zero-order valence-electron chi connectivity index (χ0n) is 14.8. The molecule has 3 N–H and O–H groups in total. The lowest BCUT2D eigenvalue weighted by Gasteiger charge is -2.32. The Hall–Kier alpha value is -2.29. The summed E-state index contributed by atoms with van der Waals surface area (Å²) in [5, 5.41) is 3.30. The molecule has 132 valence electrons. The standard InChI is InChI=1S/C22H28N2O/c23-20-12-6-4-10-18(20)14-15-22(25)24-21-13-7-5-11-19(21)16-17-8-2-1-3-9-17/h1-4,6,8-10,12,19,21H,5,7,11,13-16,23H2,(H,24,25). The summed E-state index contributed by atoms with van der Waals surface area (Å²) in [6, 6.07) is 18.7. The molecule has 1 aliphatic rings. The van der Waals surface area contributed by atoms with Crippen LogP contribution in [-0.2, 0) is 17.6 Å². The molecule has 0 heterocycles. The molecule has 3 rings (SSSR count). The molecule has 2 atom stereocenters. The highest BCUT2D eigenvalue weighted by Crippen LogP contribution is 2.27. The average Bonchev–Trinajstić information content (AvgIpc) is 2.64. The van der Waals surface area contributed by atoms with Gasteiger partial charge in [0.15, 0.2) is 0 Å². The van der Waals surface area contributed by atoms with E-state index in [1.807, 2.05) is 24.3 Å². The Morgan fingerprint density at radius 2 is 1.72 bits per heavy atom. The summed E-state index contributed by atoms with van der Waals surface area (Å²) in [6.45, 7) is 0.